The number of hydrogen-bond donors (Lipinski definition) is 6. The van der Waals surface area contributed by atoms with Crippen LogP contribution in [0.5, 0.6) is 0 Å². The van der Waals surface area contributed by atoms with Crippen molar-refractivity contribution in [3.8, 4) is 0 Å². The molecule has 78 heavy (non-hydrogen) atoms. The molecule has 6 N–H and O–H groups in total. The average molecular weight is 1100 g/mol. The van der Waals surface area contributed by atoms with Crippen LogP contribution in [-0.2, 0) is 14.3 Å². The van der Waals surface area contributed by atoms with Crippen LogP contribution in [0.3, 0.4) is 0 Å². The summed E-state index contributed by atoms with van der Waals surface area (Å²) in [7, 11) is 0. The Bertz CT molecular complexity index is 1460. The second-order valence-electron chi connectivity index (χ2n) is 22.9. The standard InChI is InChI=1S/C69H125NO8/c1-3-5-7-9-11-13-15-17-19-21-23-25-27-29-31-32-33-35-37-39-41-43-45-47-49-51-53-55-57-59-65(73)70-62(61-77-69-68(76)67(75)66(74)64(60-71)78-69)63(72)58-56-54-52-50-48-46-44-42-40-38-36-34-30-28-26-24-22-20-18-16-14-12-10-8-6-4-2/h15,17,21,23,27,29,40,42,48,50,56,58,62-64,66-69,71-72,74-76H,3-14,16,18-20,22,24-26,28,30-39,41,43-47,49,51-55,57,59-61H2,1-2H3,(H,70,73)/b17-15-,23-21-,29-27-,42-40+,50-48+,58-56+. The minimum absolute atomic E-state index is 0.190. The Balaban J connectivity index is 2.20. The molecular weight excluding hydrogens is 971 g/mol. The van der Waals surface area contributed by atoms with Gasteiger partial charge in [0, 0.05) is 6.42 Å². The number of ether oxygens (including phenoxy) is 2. The summed E-state index contributed by atoms with van der Waals surface area (Å²) in [6, 6.07) is -0.833. The SMILES string of the molecule is CCCCCCC/C=C\C/C=C\C/C=C\CCCCCCCCCCCCCCCCC(=O)NC(COC1OC(CO)C(O)C(O)C1O)C(O)/C=C/CC/C=C/CC/C=C/CCCCCCCCCCCCCCCCCC. The van der Waals surface area contributed by atoms with Crippen LogP contribution in [0.15, 0.2) is 72.9 Å². The van der Waals surface area contributed by atoms with Gasteiger partial charge in [0.15, 0.2) is 6.29 Å². The third kappa shape index (κ3) is 46.3. The monoisotopic (exact) mass is 1100 g/mol. The fraction of sp³-hybridized carbons (Fsp3) is 0.812. The Kier molecular flexibility index (Phi) is 54.6. The minimum Gasteiger partial charge on any atom is -0.394 e. The molecular formula is C69H125NO8. The van der Waals surface area contributed by atoms with E-state index in [9.17, 15) is 30.3 Å². The van der Waals surface area contributed by atoms with Gasteiger partial charge in [-0.2, -0.15) is 0 Å². The van der Waals surface area contributed by atoms with Gasteiger partial charge in [-0.3, -0.25) is 4.79 Å². The maximum atomic E-state index is 13.1. The van der Waals surface area contributed by atoms with Crippen molar-refractivity contribution in [3.05, 3.63) is 72.9 Å². The Morgan fingerprint density at radius 1 is 0.436 bits per heavy atom. The Morgan fingerprint density at radius 2 is 0.769 bits per heavy atom. The van der Waals surface area contributed by atoms with E-state index in [2.05, 4.69) is 79.9 Å². The summed E-state index contributed by atoms with van der Waals surface area (Å²) in [6.07, 6.45) is 74.2. The first kappa shape index (κ1) is 73.6. The van der Waals surface area contributed by atoms with Gasteiger partial charge >= 0.3 is 0 Å². The summed E-state index contributed by atoms with van der Waals surface area (Å²) < 4.78 is 11.3. The summed E-state index contributed by atoms with van der Waals surface area (Å²) in [4.78, 5) is 13.1. The van der Waals surface area contributed by atoms with Crippen LogP contribution in [-0.4, -0.2) is 87.5 Å². The van der Waals surface area contributed by atoms with Gasteiger partial charge in [-0.1, -0.05) is 286 Å². The topological polar surface area (TPSA) is 149 Å². The lowest BCUT2D eigenvalue weighted by Gasteiger charge is -2.40. The van der Waals surface area contributed by atoms with Gasteiger partial charge in [-0.25, -0.2) is 0 Å². The average Bonchev–Trinajstić information content (AvgIpc) is 3.45. The van der Waals surface area contributed by atoms with Crippen LogP contribution in [0.1, 0.15) is 303 Å². The molecule has 0 radical (unpaired) electrons. The van der Waals surface area contributed by atoms with Crippen LogP contribution in [0.2, 0.25) is 0 Å². The highest BCUT2D eigenvalue weighted by molar-refractivity contribution is 5.76. The molecule has 0 aromatic rings. The summed E-state index contributed by atoms with van der Waals surface area (Å²) in [6.45, 7) is 3.78. The molecule has 0 aromatic heterocycles. The van der Waals surface area contributed by atoms with E-state index in [4.69, 9.17) is 9.47 Å². The third-order valence-corrected chi connectivity index (χ3v) is 15.5. The second-order valence-corrected chi connectivity index (χ2v) is 22.9. The van der Waals surface area contributed by atoms with Crippen LogP contribution >= 0.6 is 0 Å². The number of allylic oxidation sites excluding steroid dienone is 11. The second kappa shape index (κ2) is 57.8. The molecule has 0 aromatic carbocycles. The first-order valence-electron chi connectivity index (χ1n) is 33.2. The molecule has 1 rings (SSSR count). The smallest absolute Gasteiger partial charge is 0.220 e. The van der Waals surface area contributed by atoms with Gasteiger partial charge in [0.05, 0.1) is 25.4 Å². The lowest BCUT2D eigenvalue weighted by Crippen LogP contribution is -2.60. The first-order chi connectivity index (χ1) is 38.3. The molecule has 0 spiro atoms. The molecule has 1 heterocycles. The predicted octanol–water partition coefficient (Wildman–Crippen LogP) is 17.6. The van der Waals surface area contributed by atoms with Gasteiger partial charge in [0.1, 0.15) is 24.4 Å². The third-order valence-electron chi connectivity index (χ3n) is 15.5. The quantitative estimate of drug-likeness (QED) is 0.0261. The van der Waals surface area contributed by atoms with Gasteiger partial charge in [0.2, 0.25) is 5.91 Å². The lowest BCUT2D eigenvalue weighted by atomic mass is 9.99. The van der Waals surface area contributed by atoms with E-state index in [1.807, 2.05) is 6.08 Å². The number of rotatable bonds is 57. The molecule has 1 aliphatic heterocycles. The largest absolute Gasteiger partial charge is 0.394 e. The van der Waals surface area contributed by atoms with Gasteiger partial charge in [-0.15, -0.1) is 0 Å². The molecule has 9 nitrogen and oxygen atoms in total. The van der Waals surface area contributed by atoms with Gasteiger partial charge in [-0.05, 0) is 83.5 Å². The number of aliphatic hydroxyl groups is 5. The van der Waals surface area contributed by atoms with Crippen molar-refractivity contribution in [2.45, 2.75) is 346 Å². The molecule has 0 aliphatic carbocycles. The molecule has 0 saturated carbocycles. The Labute approximate surface area is 480 Å². The molecule has 1 amide bonds. The fourth-order valence-corrected chi connectivity index (χ4v) is 10.3. The molecule has 7 atom stereocenters. The van der Waals surface area contributed by atoms with Crippen LogP contribution in [0.4, 0.5) is 0 Å². The maximum Gasteiger partial charge on any atom is 0.220 e. The van der Waals surface area contributed by atoms with Crippen LogP contribution in [0.25, 0.3) is 0 Å². The number of hydrogen-bond acceptors (Lipinski definition) is 8. The van der Waals surface area contributed by atoms with Crippen LogP contribution in [0, 0.1) is 0 Å². The molecule has 1 aliphatic rings. The highest BCUT2D eigenvalue weighted by Gasteiger charge is 2.44. The van der Waals surface area contributed by atoms with Gasteiger partial charge in [0.25, 0.3) is 0 Å². The molecule has 9 heteroatoms. The number of nitrogens with one attached hydrogen (secondary N) is 1. The van der Waals surface area contributed by atoms with Crippen molar-refractivity contribution in [1.82, 2.24) is 5.32 Å². The molecule has 454 valence electrons. The minimum atomic E-state index is -1.58. The number of unbranched alkanes of at least 4 members (excludes halogenated alkanes) is 37. The Morgan fingerprint density at radius 3 is 1.17 bits per heavy atom. The zero-order valence-electron chi connectivity index (χ0n) is 50.7. The van der Waals surface area contributed by atoms with E-state index in [-0.39, 0.29) is 12.5 Å². The van der Waals surface area contributed by atoms with E-state index < -0.39 is 49.5 Å². The van der Waals surface area contributed by atoms with E-state index in [0.717, 1.165) is 57.8 Å². The zero-order valence-corrected chi connectivity index (χ0v) is 50.7. The number of carbonyl (C=O) groups excluding carboxylic acids is 1. The van der Waals surface area contributed by atoms with Crippen molar-refractivity contribution in [2.75, 3.05) is 13.2 Å². The molecule has 1 fully saturated rings. The summed E-state index contributed by atoms with van der Waals surface area (Å²) in [5.74, 6) is -0.190. The van der Waals surface area contributed by atoms with Crippen molar-refractivity contribution in [1.29, 1.82) is 0 Å². The molecule has 7 unspecified atom stereocenters. The van der Waals surface area contributed by atoms with E-state index >= 15 is 0 Å². The van der Waals surface area contributed by atoms with E-state index in [0.29, 0.717) is 6.42 Å². The van der Waals surface area contributed by atoms with Crippen molar-refractivity contribution < 1.29 is 39.8 Å². The van der Waals surface area contributed by atoms with Crippen molar-refractivity contribution in [3.63, 3.8) is 0 Å². The normalized spacial score (nSPS) is 19.1. The number of aliphatic hydroxyl groups excluding tert-OH is 5. The molecule has 1 saturated heterocycles. The highest BCUT2D eigenvalue weighted by Crippen LogP contribution is 2.23. The summed E-state index contributed by atoms with van der Waals surface area (Å²) in [5.41, 5.74) is 0. The van der Waals surface area contributed by atoms with E-state index in [1.54, 1.807) is 6.08 Å². The number of carbonyl (C=O) groups is 1. The van der Waals surface area contributed by atoms with Crippen molar-refractivity contribution in [2.24, 2.45) is 0 Å². The van der Waals surface area contributed by atoms with Gasteiger partial charge < -0.3 is 40.3 Å². The van der Waals surface area contributed by atoms with E-state index in [1.165, 1.54) is 225 Å². The summed E-state index contributed by atoms with van der Waals surface area (Å²) >= 11 is 0. The fourth-order valence-electron chi connectivity index (χ4n) is 10.3. The molecule has 0 bridgehead atoms. The zero-order chi connectivity index (χ0) is 56.5. The lowest BCUT2D eigenvalue weighted by molar-refractivity contribution is -0.302. The predicted molar refractivity (Wildman–Crippen MR) is 332 cm³/mol. The summed E-state index contributed by atoms with van der Waals surface area (Å²) in [5, 5.41) is 54.7. The van der Waals surface area contributed by atoms with Crippen molar-refractivity contribution >= 4 is 5.91 Å². The number of amides is 1. The van der Waals surface area contributed by atoms with Crippen LogP contribution < -0.4 is 5.32 Å². The first-order valence-corrected chi connectivity index (χ1v) is 33.2. The highest BCUT2D eigenvalue weighted by atomic mass is 16.7. The maximum absolute atomic E-state index is 13.1. The Hall–Kier alpha value is -2.37.